The van der Waals surface area contributed by atoms with Crippen molar-refractivity contribution in [2.24, 2.45) is 0 Å². The number of nitrogens with one attached hydrogen (secondary N) is 1. The highest BCUT2D eigenvalue weighted by Crippen LogP contribution is 2.31. The van der Waals surface area contributed by atoms with Gasteiger partial charge in [-0.15, -0.1) is 0 Å². The average Bonchev–Trinajstić information content (AvgIpc) is 2.56. The zero-order valence-corrected chi connectivity index (χ0v) is 17.1. The van der Waals surface area contributed by atoms with Crippen molar-refractivity contribution in [3.63, 3.8) is 0 Å². The Morgan fingerprint density at radius 1 is 1.11 bits per heavy atom. The fraction of sp³-hybridized carbons (Fsp3) is 0.333. The molecule has 0 aliphatic carbocycles. The van der Waals surface area contributed by atoms with Gasteiger partial charge in [0.2, 0.25) is 11.8 Å². The summed E-state index contributed by atoms with van der Waals surface area (Å²) in [4.78, 5) is 26.1. The summed E-state index contributed by atoms with van der Waals surface area (Å²) in [5.74, 6) is 0.227. The van der Waals surface area contributed by atoms with E-state index in [4.69, 9.17) is 16.3 Å². The number of methoxy groups -OCH3 is 1. The van der Waals surface area contributed by atoms with Crippen molar-refractivity contribution in [3.8, 4) is 5.75 Å². The van der Waals surface area contributed by atoms with E-state index < -0.39 is 0 Å². The maximum Gasteiger partial charge on any atom is 0.226 e. The third-order valence-electron chi connectivity index (χ3n) is 4.24. The highest BCUT2D eigenvalue weighted by Gasteiger charge is 2.19. The predicted octanol–water partition coefficient (Wildman–Crippen LogP) is 4.66. The number of carbonyl (C=O) groups excluding carboxylic acids is 2. The third kappa shape index (κ3) is 5.23. The van der Waals surface area contributed by atoms with E-state index in [1.807, 2.05) is 51.1 Å². The lowest BCUT2D eigenvalue weighted by Crippen LogP contribution is -2.32. The van der Waals surface area contributed by atoms with Crippen molar-refractivity contribution in [2.45, 2.75) is 34.1 Å². The smallest absolute Gasteiger partial charge is 0.226 e. The number of halogens is 1. The van der Waals surface area contributed by atoms with Crippen molar-refractivity contribution in [1.82, 2.24) is 0 Å². The van der Waals surface area contributed by atoms with Gasteiger partial charge in [0.1, 0.15) is 5.75 Å². The monoisotopic (exact) mass is 388 g/mol. The maximum absolute atomic E-state index is 12.4. The molecular formula is C21H25ClN2O3. The molecular weight excluding hydrogens is 364 g/mol. The van der Waals surface area contributed by atoms with E-state index >= 15 is 0 Å². The van der Waals surface area contributed by atoms with Crippen molar-refractivity contribution in [3.05, 3.63) is 52.0 Å². The first kappa shape index (κ1) is 20.8. The second-order valence-corrected chi connectivity index (χ2v) is 6.99. The Kier molecular flexibility index (Phi) is 6.86. The Labute approximate surface area is 165 Å². The number of rotatable bonds is 6. The van der Waals surface area contributed by atoms with E-state index in [9.17, 15) is 9.59 Å². The van der Waals surface area contributed by atoms with Crippen LogP contribution in [0.4, 0.5) is 11.4 Å². The van der Waals surface area contributed by atoms with Crippen LogP contribution in [-0.2, 0) is 9.59 Å². The molecule has 27 heavy (non-hydrogen) atoms. The molecule has 2 rings (SSSR count). The van der Waals surface area contributed by atoms with Crippen LogP contribution in [0.1, 0.15) is 30.0 Å². The lowest BCUT2D eigenvalue weighted by atomic mass is 10.1. The summed E-state index contributed by atoms with van der Waals surface area (Å²) in [7, 11) is 1.56. The number of ether oxygens (including phenoxy) is 1. The molecule has 5 nitrogen and oxygen atoms in total. The highest BCUT2D eigenvalue weighted by molar-refractivity contribution is 6.34. The van der Waals surface area contributed by atoms with E-state index in [-0.39, 0.29) is 24.8 Å². The molecule has 0 bridgehead atoms. The first-order valence-corrected chi connectivity index (χ1v) is 9.10. The van der Waals surface area contributed by atoms with Crippen LogP contribution in [0.25, 0.3) is 0 Å². The van der Waals surface area contributed by atoms with E-state index in [2.05, 4.69) is 5.32 Å². The Balaban J connectivity index is 2.14. The van der Waals surface area contributed by atoms with E-state index in [0.717, 1.165) is 16.7 Å². The van der Waals surface area contributed by atoms with Crippen LogP contribution in [0.3, 0.4) is 0 Å². The van der Waals surface area contributed by atoms with Gasteiger partial charge in [0.15, 0.2) is 0 Å². The molecule has 0 aromatic heterocycles. The van der Waals surface area contributed by atoms with Gasteiger partial charge in [0.05, 0.1) is 23.5 Å². The van der Waals surface area contributed by atoms with Gasteiger partial charge in [0, 0.05) is 19.9 Å². The van der Waals surface area contributed by atoms with E-state index in [0.29, 0.717) is 22.1 Å². The zero-order valence-electron chi connectivity index (χ0n) is 16.4. The molecule has 0 saturated carbocycles. The molecule has 2 aromatic carbocycles. The van der Waals surface area contributed by atoms with Crippen molar-refractivity contribution < 1.29 is 14.3 Å². The molecule has 2 aromatic rings. The van der Waals surface area contributed by atoms with Gasteiger partial charge in [-0.1, -0.05) is 23.7 Å². The Bertz CT molecular complexity index is 841. The second-order valence-electron chi connectivity index (χ2n) is 6.58. The largest absolute Gasteiger partial charge is 0.495 e. The van der Waals surface area contributed by atoms with Gasteiger partial charge in [-0.3, -0.25) is 9.59 Å². The number of nitrogens with zero attached hydrogens (tertiary/aromatic N) is 1. The molecule has 144 valence electrons. The predicted molar refractivity (Wildman–Crippen MR) is 110 cm³/mol. The number of carbonyl (C=O) groups is 2. The summed E-state index contributed by atoms with van der Waals surface area (Å²) >= 11 is 6.36. The van der Waals surface area contributed by atoms with E-state index in [1.54, 1.807) is 12.0 Å². The van der Waals surface area contributed by atoms with Gasteiger partial charge in [0.25, 0.3) is 0 Å². The summed E-state index contributed by atoms with van der Waals surface area (Å²) in [5, 5.41) is 3.35. The number of hydrogen-bond acceptors (Lipinski definition) is 3. The molecule has 2 amide bonds. The van der Waals surface area contributed by atoms with Crippen LogP contribution in [0.15, 0.2) is 30.3 Å². The summed E-state index contributed by atoms with van der Waals surface area (Å²) in [6.45, 7) is 7.50. The standard InChI is InChI=1S/C21H25ClN2O3/c1-13-6-7-19(27-5)18(12-13)23-20(26)8-9-24(16(4)25)21-15(3)10-14(2)11-17(21)22/h6-7,10-12H,8-9H2,1-5H3,(H,23,26). The minimum atomic E-state index is -0.203. The lowest BCUT2D eigenvalue weighted by molar-refractivity contribution is -0.117. The molecule has 0 spiro atoms. The fourth-order valence-corrected chi connectivity index (χ4v) is 3.45. The van der Waals surface area contributed by atoms with Crippen LogP contribution >= 0.6 is 11.6 Å². The zero-order chi connectivity index (χ0) is 20.1. The third-order valence-corrected chi connectivity index (χ3v) is 4.53. The average molecular weight is 389 g/mol. The molecule has 1 N–H and O–H groups in total. The first-order valence-electron chi connectivity index (χ1n) is 8.72. The van der Waals surface area contributed by atoms with Crippen molar-refractivity contribution >= 4 is 34.8 Å². The lowest BCUT2D eigenvalue weighted by Gasteiger charge is -2.24. The number of aryl methyl sites for hydroxylation is 3. The topological polar surface area (TPSA) is 58.6 Å². The highest BCUT2D eigenvalue weighted by atomic mass is 35.5. The fourth-order valence-electron chi connectivity index (χ4n) is 3.02. The number of benzene rings is 2. The molecule has 0 saturated heterocycles. The van der Waals surface area contributed by atoms with Crippen LogP contribution in [-0.4, -0.2) is 25.5 Å². The number of anilines is 2. The quantitative estimate of drug-likeness (QED) is 0.783. The molecule has 0 aliphatic heterocycles. The number of amides is 2. The summed E-state index contributed by atoms with van der Waals surface area (Å²) < 4.78 is 5.28. The van der Waals surface area contributed by atoms with Crippen LogP contribution < -0.4 is 15.0 Å². The van der Waals surface area contributed by atoms with Crippen LogP contribution in [0.2, 0.25) is 5.02 Å². The summed E-state index contributed by atoms with van der Waals surface area (Å²) in [6.07, 6.45) is 0.139. The van der Waals surface area contributed by atoms with Crippen molar-refractivity contribution in [2.75, 3.05) is 23.9 Å². The minimum Gasteiger partial charge on any atom is -0.495 e. The molecule has 0 aliphatic rings. The van der Waals surface area contributed by atoms with Crippen molar-refractivity contribution in [1.29, 1.82) is 0 Å². The second kappa shape index (κ2) is 8.91. The summed E-state index contributed by atoms with van der Waals surface area (Å²) in [6, 6.07) is 9.35. The first-order chi connectivity index (χ1) is 12.7. The Morgan fingerprint density at radius 3 is 2.41 bits per heavy atom. The van der Waals surface area contributed by atoms with Gasteiger partial charge < -0.3 is 15.0 Å². The molecule has 0 heterocycles. The molecule has 0 fully saturated rings. The molecule has 0 atom stereocenters. The normalized spacial score (nSPS) is 10.4. The minimum absolute atomic E-state index is 0.139. The van der Waals surface area contributed by atoms with Crippen LogP contribution in [0.5, 0.6) is 5.75 Å². The van der Waals surface area contributed by atoms with Gasteiger partial charge in [-0.2, -0.15) is 0 Å². The number of hydrogen-bond donors (Lipinski definition) is 1. The van der Waals surface area contributed by atoms with Crippen LogP contribution in [0, 0.1) is 20.8 Å². The van der Waals surface area contributed by atoms with Gasteiger partial charge in [-0.05, 0) is 55.7 Å². The summed E-state index contributed by atoms with van der Waals surface area (Å²) in [5.41, 5.74) is 4.20. The molecule has 0 unspecified atom stereocenters. The maximum atomic E-state index is 12.4. The molecule has 6 heteroatoms. The Morgan fingerprint density at radius 2 is 1.81 bits per heavy atom. The van der Waals surface area contributed by atoms with Gasteiger partial charge >= 0.3 is 0 Å². The SMILES string of the molecule is COc1ccc(C)cc1NC(=O)CCN(C(C)=O)c1c(C)cc(C)cc1Cl. The molecule has 0 radical (unpaired) electrons. The van der Waals surface area contributed by atoms with E-state index in [1.165, 1.54) is 6.92 Å². The van der Waals surface area contributed by atoms with Gasteiger partial charge in [-0.25, -0.2) is 0 Å². The Hall–Kier alpha value is -2.53.